The minimum absolute atomic E-state index is 0.428. The minimum Gasteiger partial charge on any atom is -0.310 e. The Kier molecular flexibility index (Phi) is 5.42. The van der Waals surface area contributed by atoms with E-state index in [1.165, 1.54) is 17.5 Å². The van der Waals surface area contributed by atoms with Gasteiger partial charge in [-0.25, -0.2) is 0 Å². The van der Waals surface area contributed by atoms with Gasteiger partial charge in [0, 0.05) is 10.5 Å². The fourth-order valence-electron chi connectivity index (χ4n) is 1.96. The second kappa shape index (κ2) is 7.07. The molecule has 1 aromatic heterocycles. The van der Waals surface area contributed by atoms with Crippen LogP contribution in [0.1, 0.15) is 30.5 Å². The van der Waals surface area contributed by atoms with Crippen molar-refractivity contribution in [1.29, 1.82) is 0 Å². The quantitative estimate of drug-likeness (QED) is 0.805. The van der Waals surface area contributed by atoms with Crippen LogP contribution in [0.25, 0.3) is 0 Å². The Labute approximate surface area is 121 Å². The Morgan fingerprint density at radius 2 is 2.00 bits per heavy atom. The van der Waals surface area contributed by atoms with Crippen LogP contribution in [0.4, 0.5) is 0 Å². The Bertz CT molecular complexity index is 450. The zero-order valence-electron chi connectivity index (χ0n) is 10.5. The van der Waals surface area contributed by atoms with Crippen molar-refractivity contribution in [2.75, 3.05) is 6.54 Å². The highest BCUT2D eigenvalue weighted by atomic mass is 79.9. The molecule has 1 atom stereocenters. The van der Waals surface area contributed by atoms with Crippen molar-refractivity contribution in [2.45, 2.75) is 25.8 Å². The van der Waals surface area contributed by atoms with Crippen LogP contribution >= 0.6 is 27.3 Å². The highest BCUT2D eigenvalue weighted by Gasteiger charge is 2.11. The molecule has 1 N–H and O–H groups in total. The highest BCUT2D eigenvalue weighted by Crippen LogP contribution is 2.22. The van der Waals surface area contributed by atoms with E-state index in [-0.39, 0.29) is 0 Å². The molecule has 0 spiro atoms. The van der Waals surface area contributed by atoms with E-state index in [1.54, 1.807) is 11.3 Å². The van der Waals surface area contributed by atoms with E-state index in [0.29, 0.717) is 6.04 Å². The van der Waals surface area contributed by atoms with Gasteiger partial charge >= 0.3 is 0 Å². The van der Waals surface area contributed by atoms with Crippen molar-refractivity contribution in [3.05, 3.63) is 56.7 Å². The van der Waals surface area contributed by atoms with Gasteiger partial charge in [0.1, 0.15) is 0 Å². The molecule has 0 saturated carbocycles. The molecule has 0 bridgehead atoms. The molecule has 2 aromatic rings. The zero-order valence-corrected chi connectivity index (χ0v) is 12.9. The van der Waals surface area contributed by atoms with E-state index in [1.807, 2.05) is 0 Å². The lowest BCUT2D eigenvalue weighted by molar-refractivity contribution is 0.530. The number of benzene rings is 1. The molecular formula is C15H18BrNS. The second-order valence-corrected chi connectivity index (χ2v) is 6.09. The molecule has 1 unspecified atom stereocenters. The van der Waals surface area contributed by atoms with Crippen LogP contribution in [0.15, 0.2) is 45.6 Å². The van der Waals surface area contributed by atoms with Crippen LogP contribution in [0, 0.1) is 0 Å². The topological polar surface area (TPSA) is 12.0 Å². The molecule has 0 aliphatic carbocycles. The van der Waals surface area contributed by atoms with Gasteiger partial charge in [-0.2, -0.15) is 11.3 Å². The summed E-state index contributed by atoms with van der Waals surface area (Å²) in [5, 5.41) is 8.02. The van der Waals surface area contributed by atoms with Crippen LogP contribution in [0.3, 0.4) is 0 Å². The summed E-state index contributed by atoms with van der Waals surface area (Å²) in [5.74, 6) is 0. The van der Waals surface area contributed by atoms with Crippen LogP contribution < -0.4 is 5.32 Å². The van der Waals surface area contributed by atoms with E-state index in [4.69, 9.17) is 0 Å². The van der Waals surface area contributed by atoms with Crippen molar-refractivity contribution < 1.29 is 0 Å². The van der Waals surface area contributed by atoms with Gasteiger partial charge < -0.3 is 5.32 Å². The third-order valence-corrected chi connectivity index (χ3v) is 4.17. The number of hydrogen-bond acceptors (Lipinski definition) is 2. The zero-order chi connectivity index (χ0) is 12.8. The van der Waals surface area contributed by atoms with Crippen LogP contribution in [-0.4, -0.2) is 6.54 Å². The van der Waals surface area contributed by atoms with E-state index < -0.39 is 0 Å². The molecule has 1 nitrogen and oxygen atoms in total. The summed E-state index contributed by atoms with van der Waals surface area (Å²) in [7, 11) is 0. The lowest BCUT2D eigenvalue weighted by Crippen LogP contribution is -2.23. The third-order valence-electron chi connectivity index (χ3n) is 2.94. The van der Waals surface area contributed by atoms with Gasteiger partial charge in [0.2, 0.25) is 0 Å². The van der Waals surface area contributed by atoms with Crippen molar-refractivity contribution >= 4 is 27.3 Å². The SMILES string of the molecule is CCCNC(Cc1ccc(Br)cc1)c1ccsc1. The maximum atomic E-state index is 3.63. The smallest absolute Gasteiger partial charge is 0.0369 e. The summed E-state index contributed by atoms with van der Waals surface area (Å²) in [5.41, 5.74) is 2.77. The highest BCUT2D eigenvalue weighted by molar-refractivity contribution is 9.10. The van der Waals surface area contributed by atoms with Crippen molar-refractivity contribution in [1.82, 2.24) is 5.32 Å². The Balaban J connectivity index is 2.07. The normalized spacial score (nSPS) is 12.6. The van der Waals surface area contributed by atoms with E-state index in [0.717, 1.165) is 17.4 Å². The Morgan fingerprint density at radius 3 is 2.61 bits per heavy atom. The summed E-state index contributed by atoms with van der Waals surface area (Å²) in [6.45, 7) is 3.27. The summed E-state index contributed by atoms with van der Waals surface area (Å²) in [4.78, 5) is 0. The molecule has 2 rings (SSSR count). The molecule has 0 aliphatic heterocycles. The van der Waals surface area contributed by atoms with Crippen molar-refractivity contribution in [2.24, 2.45) is 0 Å². The standard InChI is InChI=1S/C15H18BrNS/c1-2-8-17-15(13-7-9-18-11-13)10-12-3-5-14(16)6-4-12/h3-7,9,11,15,17H,2,8,10H2,1H3. The lowest BCUT2D eigenvalue weighted by Gasteiger charge is -2.17. The fraction of sp³-hybridized carbons (Fsp3) is 0.333. The van der Waals surface area contributed by atoms with Crippen molar-refractivity contribution in [3.8, 4) is 0 Å². The van der Waals surface area contributed by atoms with Crippen LogP contribution in [0.2, 0.25) is 0 Å². The Hall–Kier alpha value is -0.640. The third kappa shape index (κ3) is 3.94. The molecule has 96 valence electrons. The number of thiophene rings is 1. The van der Waals surface area contributed by atoms with Gasteiger partial charge in [0.05, 0.1) is 0 Å². The first-order chi connectivity index (χ1) is 8.79. The van der Waals surface area contributed by atoms with Gasteiger partial charge in [-0.3, -0.25) is 0 Å². The van der Waals surface area contributed by atoms with Gasteiger partial charge in [0.15, 0.2) is 0 Å². The number of halogens is 1. The largest absolute Gasteiger partial charge is 0.310 e. The maximum absolute atomic E-state index is 3.63. The molecule has 0 saturated heterocycles. The molecule has 0 radical (unpaired) electrons. The average Bonchev–Trinajstić information content (AvgIpc) is 2.90. The Morgan fingerprint density at radius 1 is 1.22 bits per heavy atom. The first kappa shape index (κ1) is 13.8. The molecule has 1 aromatic carbocycles. The molecule has 3 heteroatoms. The molecule has 18 heavy (non-hydrogen) atoms. The van der Waals surface area contributed by atoms with Crippen molar-refractivity contribution in [3.63, 3.8) is 0 Å². The summed E-state index contributed by atoms with van der Waals surface area (Å²) in [6.07, 6.45) is 2.21. The first-order valence-electron chi connectivity index (χ1n) is 6.29. The molecular weight excluding hydrogens is 306 g/mol. The first-order valence-corrected chi connectivity index (χ1v) is 8.03. The number of nitrogens with one attached hydrogen (secondary N) is 1. The molecule has 1 heterocycles. The van der Waals surface area contributed by atoms with Gasteiger partial charge in [-0.05, 0) is 59.5 Å². The van der Waals surface area contributed by atoms with Crippen LogP contribution in [-0.2, 0) is 6.42 Å². The monoisotopic (exact) mass is 323 g/mol. The predicted molar refractivity (Wildman–Crippen MR) is 83.2 cm³/mol. The van der Waals surface area contributed by atoms with Gasteiger partial charge in [-0.1, -0.05) is 35.0 Å². The summed E-state index contributed by atoms with van der Waals surface area (Å²) in [6, 6.07) is 11.3. The van der Waals surface area contributed by atoms with E-state index in [2.05, 4.69) is 69.3 Å². The van der Waals surface area contributed by atoms with Gasteiger partial charge in [-0.15, -0.1) is 0 Å². The average molecular weight is 324 g/mol. The molecule has 0 aliphatic rings. The minimum atomic E-state index is 0.428. The van der Waals surface area contributed by atoms with Crippen LogP contribution in [0.5, 0.6) is 0 Å². The fourth-order valence-corrected chi connectivity index (χ4v) is 2.93. The predicted octanol–water partition coefficient (Wildman–Crippen LogP) is 4.79. The lowest BCUT2D eigenvalue weighted by atomic mass is 10.0. The summed E-state index contributed by atoms with van der Waals surface area (Å²) < 4.78 is 1.14. The molecule has 0 fully saturated rings. The van der Waals surface area contributed by atoms with E-state index >= 15 is 0 Å². The number of hydrogen-bond donors (Lipinski definition) is 1. The number of rotatable bonds is 6. The second-order valence-electron chi connectivity index (χ2n) is 4.39. The van der Waals surface area contributed by atoms with Gasteiger partial charge in [0.25, 0.3) is 0 Å². The molecule has 0 amide bonds. The van der Waals surface area contributed by atoms with E-state index in [9.17, 15) is 0 Å². The maximum Gasteiger partial charge on any atom is 0.0369 e. The summed E-state index contributed by atoms with van der Waals surface area (Å²) >= 11 is 5.25.